The average molecular weight is 327 g/mol. The number of aromatic hydroxyl groups is 1. The van der Waals surface area contributed by atoms with Crippen molar-refractivity contribution in [1.82, 2.24) is 4.90 Å². The zero-order valence-corrected chi connectivity index (χ0v) is 14.0. The van der Waals surface area contributed by atoms with Crippen molar-refractivity contribution in [3.63, 3.8) is 0 Å². The van der Waals surface area contributed by atoms with Crippen LogP contribution in [0.4, 0.5) is 0 Å². The first kappa shape index (κ1) is 14.0. The molecule has 2 N–H and O–H groups in total. The number of phenolic OH excluding ortho intramolecular Hbond substituents is 1. The molecule has 128 valence electrons. The Morgan fingerprint density at radius 2 is 2.08 bits per heavy atom. The molecule has 4 nitrogen and oxygen atoms in total. The van der Waals surface area contributed by atoms with Gasteiger partial charge in [0.25, 0.3) is 0 Å². The number of phenols is 1. The molecular weight excluding hydrogens is 302 g/mol. The van der Waals surface area contributed by atoms with Crippen molar-refractivity contribution < 1.29 is 14.9 Å². The molecule has 1 aromatic carbocycles. The fourth-order valence-corrected chi connectivity index (χ4v) is 6.38. The number of fused-ring (bicyclic) bond motifs is 1. The Morgan fingerprint density at radius 1 is 1.21 bits per heavy atom. The highest BCUT2D eigenvalue weighted by Crippen LogP contribution is 2.64. The molecule has 0 radical (unpaired) electrons. The molecular formula is C20H25NO3. The van der Waals surface area contributed by atoms with Crippen molar-refractivity contribution >= 4 is 0 Å². The van der Waals surface area contributed by atoms with Crippen molar-refractivity contribution in [3.05, 3.63) is 23.3 Å². The van der Waals surface area contributed by atoms with Crippen molar-refractivity contribution in [1.29, 1.82) is 0 Å². The van der Waals surface area contributed by atoms with Crippen LogP contribution in [0.1, 0.15) is 49.7 Å². The smallest absolute Gasteiger partial charge is 0.165 e. The van der Waals surface area contributed by atoms with Crippen LogP contribution in [0.3, 0.4) is 0 Å². The number of nitrogens with zero attached hydrogens (tertiary/aromatic N) is 1. The predicted molar refractivity (Wildman–Crippen MR) is 89.4 cm³/mol. The van der Waals surface area contributed by atoms with Crippen LogP contribution in [-0.4, -0.2) is 45.9 Å². The molecule has 3 bridgehead atoms. The highest BCUT2D eigenvalue weighted by Gasteiger charge is 2.67. The van der Waals surface area contributed by atoms with E-state index in [1.807, 2.05) is 0 Å². The summed E-state index contributed by atoms with van der Waals surface area (Å²) in [6, 6.07) is 4.09. The van der Waals surface area contributed by atoms with Gasteiger partial charge in [-0.2, -0.15) is 0 Å². The van der Waals surface area contributed by atoms with Gasteiger partial charge in [0.2, 0.25) is 0 Å². The Balaban J connectivity index is 1.56. The molecule has 2 heterocycles. The first-order valence-corrected chi connectivity index (χ1v) is 9.59. The zero-order chi connectivity index (χ0) is 16.1. The van der Waals surface area contributed by atoms with Gasteiger partial charge in [0.05, 0.1) is 5.60 Å². The van der Waals surface area contributed by atoms with E-state index in [4.69, 9.17) is 4.74 Å². The van der Waals surface area contributed by atoms with Crippen LogP contribution in [0.25, 0.3) is 0 Å². The van der Waals surface area contributed by atoms with E-state index in [1.165, 1.54) is 18.4 Å². The molecule has 0 amide bonds. The Hall–Kier alpha value is -1.26. The lowest BCUT2D eigenvalue weighted by Crippen LogP contribution is -2.74. The largest absolute Gasteiger partial charge is 0.504 e. The van der Waals surface area contributed by atoms with Gasteiger partial charge in [-0.05, 0) is 69.0 Å². The highest BCUT2D eigenvalue weighted by molar-refractivity contribution is 5.60. The van der Waals surface area contributed by atoms with Gasteiger partial charge in [-0.1, -0.05) is 6.07 Å². The summed E-state index contributed by atoms with van der Waals surface area (Å²) in [5.74, 6) is 1.78. The Bertz CT molecular complexity index is 730. The average Bonchev–Trinajstić information content (AvgIpc) is 3.38. The number of aliphatic hydroxyl groups is 1. The quantitative estimate of drug-likeness (QED) is 0.875. The minimum Gasteiger partial charge on any atom is -0.504 e. The molecule has 2 saturated carbocycles. The van der Waals surface area contributed by atoms with Crippen LogP contribution >= 0.6 is 0 Å². The molecule has 3 fully saturated rings. The number of hydrogen-bond acceptors (Lipinski definition) is 4. The number of piperidine rings is 1. The van der Waals surface area contributed by atoms with E-state index in [9.17, 15) is 10.2 Å². The summed E-state index contributed by atoms with van der Waals surface area (Å²) in [6.07, 6.45) is 7.40. The van der Waals surface area contributed by atoms with Gasteiger partial charge < -0.3 is 14.9 Å². The van der Waals surface area contributed by atoms with Gasteiger partial charge in [0.1, 0.15) is 6.10 Å². The number of hydrogen-bond donors (Lipinski definition) is 2. The van der Waals surface area contributed by atoms with Crippen LogP contribution in [0.15, 0.2) is 12.1 Å². The van der Waals surface area contributed by atoms with Gasteiger partial charge in [-0.25, -0.2) is 0 Å². The van der Waals surface area contributed by atoms with Crippen molar-refractivity contribution in [3.8, 4) is 11.5 Å². The van der Waals surface area contributed by atoms with E-state index in [0.717, 1.165) is 56.7 Å². The van der Waals surface area contributed by atoms with Crippen LogP contribution in [0, 0.1) is 5.92 Å². The number of likely N-dealkylation sites (tertiary alicyclic amines) is 1. The van der Waals surface area contributed by atoms with Gasteiger partial charge in [-0.15, -0.1) is 0 Å². The molecule has 4 atom stereocenters. The lowest BCUT2D eigenvalue weighted by molar-refractivity contribution is -0.188. The monoisotopic (exact) mass is 327 g/mol. The van der Waals surface area contributed by atoms with Crippen molar-refractivity contribution in [2.24, 2.45) is 5.92 Å². The molecule has 24 heavy (non-hydrogen) atoms. The Labute approximate surface area is 142 Å². The van der Waals surface area contributed by atoms with Gasteiger partial charge in [0.15, 0.2) is 11.5 Å². The second kappa shape index (κ2) is 4.28. The highest BCUT2D eigenvalue weighted by atomic mass is 16.5. The minimum absolute atomic E-state index is 0.146. The van der Waals surface area contributed by atoms with Crippen molar-refractivity contribution in [2.75, 3.05) is 13.1 Å². The molecule has 5 aliphatic rings. The third-order valence-corrected chi connectivity index (χ3v) is 7.66. The summed E-state index contributed by atoms with van der Waals surface area (Å²) in [6.45, 7) is 2.23. The molecule has 4 heteroatoms. The van der Waals surface area contributed by atoms with Crippen LogP contribution in [0.2, 0.25) is 0 Å². The lowest BCUT2D eigenvalue weighted by atomic mass is 9.48. The van der Waals surface area contributed by atoms with E-state index in [0.29, 0.717) is 5.75 Å². The molecule has 1 saturated heterocycles. The first-order valence-electron chi connectivity index (χ1n) is 9.59. The van der Waals surface area contributed by atoms with E-state index in [2.05, 4.69) is 11.0 Å². The van der Waals surface area contributed by atoms with Gasteiger partial charge in [0, 0.05) is 23.6 Å². The molecule has 0 unspecified atom stereocenters. The lowest BCUT2D eigenvalue weighted by Gasteiger charge is -2.66. The Morgan fingerprint density at radius 3 is 2.92 bits per heavy atom. The summed E-state index contributed by atoms with van der Waals surface area (Å²) in [7, 11) is 0. The van der Waals surface area contributed by atoms with Crippen molar-refractivity contribution in [2.45, 2.75) is 68.1 Å². The summed E-state index contributed by atoms with van der Waals surface area (Å²) < 4.78 is 6.15. The zero-order valence-electron chi connectivity index (χ0n) is 14.0. The molecule has 2 aliphatic heterocycles. The van der Waals surface area contributed by atoms with E-state index >= 15 is 0 Å². The summed E-state index contributed by atoms with van der Waals surface area (Å²) >= 11 is 0. The van der Waals surface area contributed by atoms with E-state index in [-0.39, 0.29) is 23.3 Å². The van der Waals surface area contributed by atoms with E-state index in [1.54, 1.807) is 6.07 Å². The second-order valence-electron chi connectivity index (χ2n) is 8.85. The summed E-state index contributed by atoms with van der Waals surface area (Å²) in [5.41, 5.74) is 1.57. The summed E-state index contributed by atoms with van der Waals surface area (Å²) in [5, 5.41) is 22.4. The molecule has 3 aliphatic carbocycles. The Kier molecular flexibility index (Phi) is 2.49. The maximum atomic E-state index is 12.0. The number of ether oxygens (including phenoxy) is 1. The van der Waals surface area contributed by atoms with Crippen LogP contribution in [0.5, 0.6) is 11.5 Å². The van der Waals surface area contributed by atoms with Crippen LogP contribution in [-0.2, 0) is 11.8 Å². The summed E-state index contributed by atoms with van der Waals surface area (Å²) in [4.78, 5) is 2.59. The fourth-order valence-electron chi connectivity index (χ4n) is 6.38. The second-order valence-corrected chi connectivity index (χ2v) is 8.85. The van der Waals surface area contributed by atoms with E-state index < -0.39 is 5.60 Å². The molecule has 1 aromatic rings. The first-order chi connectivity index (χ1) is 11.6. The fraction of sp³-hybridized carbons (Fsp3) is 0.700. The van der Waals surface area contributed by atoms with Gasteiger partial charge >= 0.3 is 0 Å². The predicted octanol–water partition coefficient (Wildman–Crippen LogP) is 2.35. The standard InChI is InChI=1S/C20H25NO3/c22-15-4-3-13-9-16-20(23)6-5-14-10-19(20,17(13)18(15)24-14)7-8-21(16)11-12-1-2-12/h3-4,12,14,16,22-23H,1-2,5-11H2/t14-,16+,19+,20+/m0/s1. The molecule has 6 rings (SSSR count). The number of rotatable bonds is 2. The maximum absolute atomic E-state index is 12.0. The molecule has 0 aromatic heterocycles. The van der Waals surface area contributed by atoms with Gasteiger partial charge in [-0.3, -0.25) is 4.90 Å². The van der Waals surface area contributed by atoms with Crippen LogP contribution < -0.4 is 4.74 Å². The third kappa shape index (κ3) is 1.53. The molecule has 1 spiro atoms. The SMILES string of the molecule is Oc1ccc2c3c1O[C@H]1CC[C@@]4(O)[C@@H](C2)N(CC2CC2)CC[C@@]34C1. The topological polar surface area (TPSA) is 52.9 Å². The number of benzene rings is 1. The normalized spacial score (nSPS) is 42.5. The maximum Gasteiger partial charge on any atom is 0.165 e. The third-order valence-electron chi connectivity index (χ3n) is 7.66. The minimum atomic E-state index is -0.657.